The van der Waals surface area contributed by atoms with E-state index in [1.54, 1.807) is 43.4 Å². The lowest BCUT2D eigenvalue weighted by Gasteiger charge is -2.23. The van der Waals surface area contributed by atoms with Gasteiger partial charge in [0.15, 0.2) is 0 Å². The van der Waals surface area contributed by atoms with Crippen LogP contribution in [0.3, 0.4) is 0 Å². The fraction of sp³-hybridized carbons (Fsp3) is 0.160. The Morgan fingerprint density at radius 3 is 2.47 bits per heavy atom. The van der Waals surface area contributed by atoms with Gasteiger partial charge in [0.05, 0.1) is 17.8 Å². The van der Waals surface area contributed by atoms with Gasteiger partial charge >= 0.3 is 6.03 Å². The van der Waals surface area contributed by atoms with Crippen molar-refractivity contribution in [2.24, 2.45) is 4.99 Å². The molecule has 9 heteroatoms. The summed E-state index contributed by atoms with van der Waals surface area (Å²) >= 11 is 0. The van der Waals surface area contributed by atoms with E-state index >= 15 is 0 Å². The second kappa shape index (κ2) is 11.8. The molecule has 3 amide bonds. The van der Waals surface area contributed by atoms with E-state index in [2.05, 4.69) is 15.3 Å². The average molecular weight is 457 g/mol. The van der Waals surface area contributed by atoms with Crippen LogP contribution < -0.4 is 10.1 Å². The number of rotatable bonds is 7. The maximum absolute atomic E-state index is 12.5. The number of pyridine rings is 1. The third-order valence-corrected chi connectivity index (χ3v) is 4.79. The van der Waals surface area contributed by atoms with E-state index in [0.29, 0.717) is 35.8 Å². The smallest absolute Gasteiger partial charge is 0.323 e. The normalized spacial score (nSPS) is 10.7. The minimum atomic E-state index is -0.381. The highest BCUT2D eigenvalue weighted by molar-refractivity contribution is 6.01. The third-order valence-electron chi connectivity index (χ3n) is 4.79. The Labute approximate surface area is 197 Å². The number of urea groups is 1. The predicted molar refractivity (Wildman–Crippen MR) is 127 cm³/mol. The number of nitrogens with one attached hydrogen (secondary N) is 1. The van der Waals surface area contributed by atoms with E-state index in [1.165, 1.54) is 16.0 Å². The summed E-state index contributed by atoms with van der Waals surface area (Å²) in [5.41, 5.74) is 1.84. The molecule has 34 heavy (non-hydrogen) atoms. The van der Waals surface area contributed by atoms with Crippen molar-refractivity contribution < 1.29 is 14.3 Å². The van der Waals surface area contributed by atoms with Gasteiger partial charge in [0, 0.05) is 25.9 Å². The molecule has 2 aromatic carbocycles. The Bertz CT molecular complexity index is 1170. The van der Waals surface area contributed by atoms with Crippen LogP contribution in [0.25, 0.3) is 0 Å². The van der Waals surface area contributed by atoms with E-state index in [0.717, 1.165) is 5.56 Å². The van der Waals surface area contributed by atoms with Crippen molar-refractivity contribution in [2.75, 3.05) is 13.6 Å². The second-order valence-corrected chi connectivity index (χ2v) is 7.19. The zero-order valence-electron chi connectivity index (χ0n) is 18.9. The summed E-state index contributed by atoms with van der Waals surface area (Å²) in [7, 11) is 1.65. The average Bonchev–Trinajstić information content (AvgIpc) is 2.88. The van der Waals surface area contributed by atoms with E-state index in [1.807, 2.05) is 43.3 Å². The molecule has 1 aromatic heterocycles. The summed E-state index contributed by atoms with van der Waals surface area (Å²) in [5, 5.41) is 11.6. The first-order valence-corrected chi connectivity index (χ1v) is 10.5. The number of carbonyl (C=O) groups is 2. The zero-order valence-corrected chi connectivity index (χ0v) is 18.9. The van der Waals surface area contributed by atoms with E-state index in [-0.39, 0.29) is 18.5 Å². The van der Waals surface area contributed by atoms with Crippen molar-refractivity contribution >= 4 is 24.1 Å². The van der Waals surface area contributed by atoms with Crippen molar-refractivity contribution in [3.05, 3.63) is 84.1 Å². The van der Waals surface area contributed by atoms with Crippen LogP contribution in [-0.2, 0) is 11.3 Å². The van der Waals surface area contributed by atoms with Crippen LogP contribution >= 0.6 is 0 Å². The van der Waals surface area contributed by atoms with Gasteiger partial charge in [0.1, 0.15) is 11.8 Å². The fourth-order valence-corrected chi connectivity index (χ4v) is 2.78. The van der Waals surface area contributed by atoms with Crippen molar-refractivity contribution in [1.82, 2.24) is 20.1 Å². The molecule has 0 bridgehead atoms. The lowest BCUT2D eigenvalue weighted by molar-refractivity contribution is -0.115. The highest BCUT2D eigenvalue weighted by atomic mass is 16.5. The van der Waals surface area contributed by atoms with E-state index in [9.17, 15) is 9.59 Å². The molecule has 0 fully saturated rings. The van der Waals surface area contributed by atoms with Gasteiger partial charge in [-0.25, -0.2) is 14.8 Å². The number of nitriles is 1. The van der Waals surface area contributed by atoms with Gasteiger partial charge < -0.3 is 9.64 Å². The Hall–Kier alpha value is -4.71. The summed E-state index contributed by atoms with van der Waals surface area (Å²) in [6.07, 6.45) is 2.06. The second-order valence-electron chi connectivity index (χ2n) is 7.19. The molecule has 172 valence electrons. The Balaban J connectivity index is 1.82. The minimum absolute atomic E-state index is 0.103. The quantitative estimate of drug-likeness (QED) is 0.328. The number of aromatic nitrogens is 1. The fourth-order valence-electron chi connectivity index (χ4n) is 2.78. The molecule has 3 aromatic rings. The van der Waals surface area contributed by atoms with Gasteiger partial charge in [-0.05, 0) is 42.8 Å². The molecule has 0 aliphatic carbocycles. The number of nitrogens with zero attached hydrogens (tertiary/aromatic N) is 5. The molecule has 0 unspecified atom stereocenters. The Kier molecular flexibility index (Phi) is 8.30. The maximum Gasteiger partial charge on any atom is 0.323 e. The number of carbonyl (C=O) groups excluding carboxylic acids is 2. The molecule has 0 aliphatic heterocycles. The molecule has 0 radical (unpaired) electrons. The number of guanidine groups is 1. The molecule has 0 aliphatic rings. The zero-order chi connectivity index (χ0) is 24.3. The molecule has 3 rings (SSSR count). The molecule has 0 saturated carbocycles. The summed E-state index contributed by atoms with van der Waals surface area (Å²) in [4.78, 5) is 35.8. The van der Waals surface area contributed by atoms with Gasteiger partial charge in [-0.15, -0.1) is 0 Å². The van der Waals surface area contributed by atoms with Crippen LogP contribution in [0, 0.1) is 11.3 Å². The molecule has 1 heterocycles. The van der Waals surface area contributed by atoms with Gasteiger partial charge in [-0.3, -0.25) is 15.0 Å². The van der Waals surface area contributed by atoms with Crippen molar-refractivity contribution in [3.8, 4) is 17.7 Å². The topological polar surface area (TPSA) is 111 Å². The molecule has 1 N–H and O–H groups in total. The highest BCUT2D eigenvalue weighted by Crippen LogP contribution is 2.23. The van der Waals surface area contributed by atoms with Crippen LogP contribution in [0.4, 0.5) is 10.5 Å². The third kappa shape index (κ3) is 6.64. The molecule has 0 saturated heterocycles. The Morgan fingerprint density at radius 2 is 1.88 bits per heavy atom. The van der Waals surface area contributed by atoms with Crippen LogP contribution in [0.2, 0.25) is 0 Å². The number of benzene rings is 2. The molecule has 0 spiro atoms. The van der Waals surface area contributed by atoms with Crippen LogP contribution in [0.1, 0.15) is 18.1 Å². The van der Waals surface area contributed by atoms with Crippen LogP contribution in [-0.4, -0.2) is 46.8 Å². The van der Waals surface area contributed by atoms with Gasteiger partial charge in [-0.2, -0.15) is 5.26 Å². The van der Waals surface area contributed by atoms with E-state index < -0.39 is 0 Å². The summed E-state index contributed by atoms with van der Waals surface area (Å²) in [6, 6.07) is 21.0. The lowest BCUT2D eigenvalue weighted by Crippen LogP contribution is -2.47. The molecular weight excluding hydrogens is 432 g/mol. The maximum atomic E-state index is 12.5. The largest absolute Gasteiger partial charge is 0.439 e. The number of hydrogen-bond acceptors (Lipinski definition) is 6. The first kappa shape index (κ1) is 23.9. The van der Waals surface area contributed by atoms with Gasteiger partial charge in [0.2, 0.25) is 18.2 Å². The molecular formula is C25H24N6O3. The standard InChI is InChI=1S/C25H24N6O3/c1-3-30(2)25(33)29-24(31(18-32)17-19-7-5-4-6-8-19)28-21-10-12-22(13-11-21)34-23-14-9-20(15-26)16-27-23/h4-14,16,18H,3,17H2,1-2H3,(H,28,29,33). The molecule has 9 nitrogen and oxygen atoms in total. The summed E-state index contributed by atoms with van der Waals surface area (Å²) < 4.78 is 5.68. The number of ether oxygens (including phenoxy) is 1. The van der Waals surface area contributed by atoms with Gasteiger partial charge in [-0.1, -0.05) is 30.3 Å². The summed E-state index contributed by atoms with van der Waals surface area (Å²) in [5.74, 6) is 0.969. The monoisotopic (exact) mass is 456 g/mol. The van der Waals surface area contributed by atoms with Crippen molar-refractivity contribution in [3.63, 3.8) is 0 Å². The van der Waals surface area contributed by atoms with Crippen LogP contribution in [0.15, 0.2) is 77.9 Å². The van der Waals surface area contributed by atoms with Gasteiger partial charge in [0.25, 0.3) is 0 Å². The number of hydrogen-bond donors (Lipinski definition) is 1. The number of aliphatic imine (C=N–C) groups is 1. The lowest BCUT2D eigenvalue weighted by atomic mass is 10.2. The number of amides is 3. The van der Waals surface area contributed by atoms with E-state index in [4.69, 9.17) is 10.00 Å². The first-order chi connectivity index (χ1) is 16.5. The predicted octanol–water partition coefficient (Wildman–Crippen LogP) is 4.05. The minimum Gasteiger partial charge on any atom is -0.439 e. The highest BCUT2D eigenvalue weighted by Gasteiger charge is 2.17. The SMILES string of the molecule is CCN(C)C(=O)NC(=Nc1ccc(Oc2ccc(C#N)cn2)cc1)N(C=O)Cc1ccccc1. The van der Waals surface area contributed by atoms with Crippen molar-refractivity contribution in [1.29, 1.82) is 5.26 Å². The summed E-state index contributed by atoms with van der Waals surface area (Å²) in [6.45, 7) is 2.58. The van der Waals surface area contributed by atoms with Crippen molar-refractivity contribution in [2.45, 2.75) is 13.5 Å². The Morgan fingerprint density at radius 1 is 1.15 bits per heavy atom. The molecule has 0 atom stereocenters. The van der Waals surface area contributed by atoms with Crippen LogP contribution in [0.5, 0.6) is 11.6 Å². The first-order valence-electron chi connectivity index (χ1n) is 10.5.